The molecule has 1 saturated carbocycles. The van der Waals surface area contributed by atoms with Crippen LogP contribution in [0.3, 0.4) is 0 Å². The van der Waals surface area contributed by atoms with Gasteiger partial charge in [-0.3, -0.25) is 19.4 Å². The van der Waals surface area contributed by atoms with Crippen LogP contribution < -0.4 is 16.1 Å². The molecular weight excluding hydrogens is 432 g/mol. The Morgan fingerprint density at radius 3 is 2.38 bits per heavy atom. The third-order valence-corrected chi connectivity index (χ3v) is 6.28. The number of nitrogens with zero attached hydrogens (tertiary/aromatic N) is 2. The first-order valence-corrected chi connectivity index (χ1v) is 12.3. The van der Waals surface area contributed by atoms with Crippen molar-refractivity contribution in [1.82, 2.24) is 20.2 Å². The van der Waals surface area contributed by atoms with Gasteiger partial charge in [-0.25, -0.2) is 0 Å². The first kappa shape index (κ1) is 25.6. The number of amides is 2. The van der Waals surface area contributed by atoms with E-state index in [0.29, 0.717) is 19.6 Å². The number of methoxy groups -OCH3 is 1. The van der Waals surface area contributed by atoms with Gasteiger partial charge in [0, 0.05) is 31.7 Å². The topological polar surface area (TPSA) is 102 Å². The number of hydrogen-bond donors (Lipinski definition) is 2. The molecule has 184 valence electrons. The van der Waals surface area contributed by atoms with Gasteiger partial charge in [0.2, 0.25) is 5.43 Å². The van der Waals surface area contributed by atoms with Crippen LogP contribution in [0.5, 0.6) is 0 Å². The molecular formula is C26H36N4O4. The van der Waals surface area contributed by atoms with E-state index in [2.05, 4.69) is 15.6 Å². The van der Waals surface area contributed by atoms with Crippen LogP contribution in [0.1, 0.15) is 84.7 Å². The number of carbonyl (C=O) groups excluding carboxylic acids is 2. The van der Waals surface area contributed by atoms with E-state index in [9.17, 15) is 14.4 Å². The van der Waals surface area contributed by atoms with Crippen LogP contribution in [0.25, 0.3) is 0 Å². The number of hydrogen-bond acceptors (Lipinski definition) is 5. The molecule has 2 N–H and O–H groups in total. The van der Waals surface area contributed by atoms with Crippen molar-refractivity contribution >= 4 is 11.8 Å². The van der Waals surface area contributed by atoms with Crippen LogP contribution in [0.4, 0.5) is 0 Å². The van der Waals surface area contributed by atoms with Crippen molar-refractivity contribution in [3.63, 3.8) is 0 Å². The summed E-state index contributed by atoms with van der Waals surface area (Å²) in [6.07, 6.45) is 12.9. The second-order valence-electron chi connectivity index (χ2n) is 8.96. The maximum atomic E-state index is 13.3. The molecule has 1 fully saturated rings. The third-order valence-electron chi connectivity index (χ3n) is 6.28. The molecule has 3 rings (SSSR count). The fourth-order valence-corrected chi connectivity index (χ4v) is 4.31. The van der Waals surface area contributed by atoms with Crippen LogP contribution in [0.2, 0.25) is 0 Å². The minimum Gasteiger partial charge on any atom is -0.383 e. The molecule has 0 radical (unpaired) electrons. The minimum absolute atomic E-state index is 0.0227. The standard InChI is InChI=1S/C26H36N4O4/c1-3-19(18-34-2)28-25(32)22-16-30(15-21-13-9-10-14-27-21)17-23(24(22)31)26(33)29-20-11-7-5-4-6-8-12-20/h9-10,13-14,16-17,19-20H,3-8,11-12,15,18H2,1-2H3,(H,28,32)(H,29,33). The fraction of sp³-hybridized carbons (Fsp3) is 0.538. The van der Waals surface area contributed by atoms with Gasteiger partial charge < -0.3 is 19.9 Å². The van der Waals surface area contributed by atoms with Gasteiger partial charge >= 0.3 is 0 Å². The van der Waals surface area contributed by atoms with Gasteiger partial charge in [0.15, 0.2) is 0 Å². The molecule has 0 spiro atoms. The number of aromatic nitrogens is 2. The molecule has 0 saturated heterocycles. The maximum Gasteiger partial charge on any atom is 0.257 e. The summed E-state index contributed by atoms with van der Waals surface area (Å²) >= 11 is 0. The van der Waals surface area contributed by atoms with Gasteiger partial charge in [0.05, 0.1) is 24.9 Å². The van der Waals surface area contributed by atoms with E-state index in [-0.39, 0.29) is 23.2 Å². The lowest BCUT2D eigenvalue weighted by Gasteiger charge is -2.21. The second-order valence-corrected chi connectivity index (χ2v) is 8.96. The Labute approximate surface area is 201 Å². The molecule has 2 aromatic rings. The fourth-order valence-electron chi connectivity index (χ4n) is 4.31. The molecule has 2 heterocycles. The lowest BCUT2D eigenvalue weighted by Crippen LogP contribution is -2.42. The van der Waals surface area contributed by atoms with E-state index in [1.54, 1.807) is 17.9 Å². The van der Waals surface area contributed by atoms with E-state index in [1.165, 1.54) is 31.7 Å². The number of carbonyl (C=O) groups is 2. The van der Waals surface area contributed by atoms with Crippen molar-refractivity contribution in [2.24, 2.45) is 0 Å². The highest BCUT2D eigenvalue weighted by Gasteiger charge is 2.23. The highest BCUT2D eigenvalue weighted by molar-refractivity contribution is 5.99. The smallest absolute Gasteiger partial charge is 0.257 e. The van der Waals surface area contributed by atoms with Crippen LogP contribution in [-0.2, 0) is 11.3 Å². The Hall–Kier alpha value is -3.00. The van der Waals surface area contributed by atoms with Crippen molar-refractivity contribution in [2.45, 2.75) is 76.9 Å². The van der Waals surface area contributed by atoms with Gasteiger partial charge in [-0.05, 0) is 31.4 Å². The third kappa shape index (κ3) is 7.25. The van der Waals surface area contributed by atoms with Crippen LogP contribution in [0, 0.1) is 0 Å². The van der Waals surface area contributed by atoms with Crippen LogP contribution in [-0.4, -0.2) is 47.2 Å². The van der Waals surface area contributed by atoms with Crippen LogP contribution in [0.15, 0.2) is 41.6 Å². The summed E-state index contributed by atoms with van der Waals surface area (Å²) in [6.45, 7) is 2.61. The summed E-state index contributed by atoms with van der Waals surface area (Å²) in [6, 6.07) is 5.37. The molecule has 0 aliphatic heterocycles. The lowest BCUT2D eigenvalue weighted by molar-refractivity contribution is 0.0892. The summed E-state index contributed by atoms with van der Waals surface area (Å²) in [4.78, 5) is 43.8. The predicted molar refractivity (Wildman–Crippen MR) is 131 cm³/mol. The molecule has 2 amide bonds. The molecule has 1 unspecified atom stereocenters. The first-order valence-electron chi connectivity index (χ1n) is 12.3. The predicted octanol–water partition coefficient (Wildman–Crippen LogP) is 3.29. The maximum absolute atomic E-state index is 13.3. The van der Waals surface area contributed by atoms with Crippen molar-refractivity contribution < 1.29 is 14.3 Å². The van der Waals surface area contributed by atoms with Gasteiger partial charge in [-0.2, -0.15) is 0 Å². The Morgan fingerprint density at radius 2 is 1.76 bits per heavy atom. The molecule has 8 heteroatoms. The molecule has 34 heavy (non-hydrogen) atoms. The van der Waals surface area contributed by atoms with Gasteiger partial charge in [0.1, 0.15) is 11.1 Å². The van der Waals surface area contributed by atoms with E-state index in [1.807, 2.05) is 25.1 Å². The molecule has 0 bridgehead atoms. The quantitative estimate of drug-likeness (QED) is 0.588. The zero-order valence-corrected chi connectivity index (χ0v) is 20.2. The molecule has 0 aromatic carbocycles. The summed E-state index contributed by atoms with van der Waals surface area (Å²) < 4.78 is 6.84. The highest BCUT2D eigenvalue weighted by Crippen LogP contribution is 2.17. The number of rotatable bonds is 9. The van der Waals surface area contributed by atoms with Crippen molar-refractivity contribution in [1.29, 1.82) is 0 Å². The van der Waals surface area contributed by atoms with E-state index >= 15 is 0 Å². The van der Waals surface area contributed by atoms with Gasteiger partial charge in [-0.15, -0.1) is 0 Å². The lowest BCUT2D eigenvalue weighted by atomic mass is 9.96. The molecule has 1 aliphatic rings. The molecule has 2 aromatic heterocycles. The van der Waals surface area contributed by atoms with Crippen molar-refractivity contribution in [3.05, 3.63) is 63.8 Å². The van der Waals surface area contributed by atoms with Crippen molar-refractivity contribution in [2.75, 3.05) is 13.7 Å². The number of nitrogens with one attached hydrogen (secondary N) is 2. The molecule has 1 aliphatic carbocycles. The van der Waals surface area contributed by atoms with Gasteiger partial charge in [0.25, 0.3) is 11.8 Å². The summed E-state index contributed by atoms with van der Waals surface area (Å²) in [5.41, 5.74) is 0.112. The largest absolute Gasteiger partial charge is 0.383 e. The average Bonchev–Trinajstić information content (AvgIpc) is 2.81. The highest BCUT2D eigenvalue weighted by atomic mass is 16.5. The number of pyridine rings is 2. The summed E-state index contributed by atoms with van der Waals surface area (Å²) in [5, 5.41) is 5.91. The molecule has 8 nitrogen and oxygen atoms in total. The monoisotopic (exact) mass is 468 g/mol. The average molecular weight is 469 g/mol. The second kappa shape index (κ2) is 13.0. The number of ether oxygens (including phenoxy) is 1. The van der Waals surface area contributed by atoms with E-state index in [4.69, 9.17) is 4.74 Å². The zero-order valence-electron chi connectivity index (χ0n) is 20.2. The van der Waals surface area contributed by atoms with Crippen molar-refractivity contribution in [3.8, 4) is 0 Å². The Balaban J connectivity index is 1.90. The normalized spacial score (nSPS) is 15.7. The van der Waals surface area contributed by atoms with Gasteiger partial charge in [-0.1, -0.05) is 45.1 Å². The van der Waals surface area contributed by atoms with E-state index < -0.39 is 17.2 Å². The SMILES string of the molecule is CCC(COC)NC(=O)c1cn(Cc2ccccn2)cc(C(=O)NC2CCCCCCC2)c1=O. The summed E-state index contributed by atoms with van der Waals surface area (Å²) in [7, 11) is 1.56. The summed E-state index contributed by atoms with van der Waals surface area (Å²) in [5.74, 6) is -0.937. The Morgan fingerprint density at radius 1 is 1.09 bits per heavy atom. The minimum atomic E-state index is -0.564. The van der Waals surface area contributed by atoms with Crippen LogP contribution >= 0.6 is 0 Å². The van der Waals surface area contributed by atoms with E-state index in [0.717, 1.165) is 31.4 Å². The Kier molecular flexibility index (Phi) is 9.82. The Bertz CT molecular complexity index is 998. The molecule has 1 atom stereocenters. The first-order chi connectivity index (χ1) is 16.5. The zero-order chi connectivity index (χ0) is 24.3.